The third-order valence-corrected chi connectivity index (χ3v) is 6.90. The number of nitrogens with zero attached hydrogens (tertiary/aromatic N) is 1. The van der Waals surface area contributed by atoms with Crippen molar-refractivity contribution in [2.24, 2.45) is 5.92 Å². The highest BCUT2D eigenvalue weighted by molar-refractivity contribution is 5.94. The summed E-state index contributed by atoms with van der Waals surface area (Å²) in [6.45, 7) is 4.74. The molecule has 0 saturated heterocycles. The highest BCUT2D eigenvalue weighted by atomic mass is 16.5. The number of carbonyl (C=O) groups excluding carboxylic acids is 2. The summed E-state index contributed by atoms with van der Waals surface area (Å²) in [6.07, 6.45) is 2.73. The van der Waals surface area contributed by atoms with Crippen LogP contribution in [0.5, 0.6) is 5.75 Å². The number of rotatable bonds is 7. The number of nitrogens with one attached hydrogen (secondary N) is 1. The second kappa shape index (κ2) is 9.95. The fraction of sp³-hybridized carbons (Fsp3) is 0.333. The minimum absolute atomic E-state index is 0.145. The van der Waals surface area contributed by atoms with Crippen LogP contribution in [0.4, 0.5) is 5.69 Å². The highest BCUT2D eigenvalue weighted by Crippen LogP contribution is 2.41. The van der Waals surface area contributed by atoms with Crippen molar-refractivity contribution in [3.05, 3.63) is 95.1 Å². The van der Waals surface area contributed by atoms with Gasteiger partial charge in [0.1, 0.15) is 5.75 Å². The number of hydrogen-bond donors (Lipinski definition) is 1. The molecule has 2 aliphatic rings. The summed E-state index contributed by atoms with van der Waals surface area (Å²) in [4.78, 5) is 28.2. The molecule has 0 radical (unpaired) electrons. The van der Waals surface area contributed by atoms with E-state index in [4.69, 9.17) is 4.74 Å². The lowest BCUT2D eigenvalue weighted by Crippen LogP contribution is -2.41. The summed E-state index contributed by atoms with van der Waals surface area (Å²) in [5.74, 6) is 0.894. The van der Waals surface area contributed by atoms with Gasteiger partial charge < -0.3 is 15.0 Å². The first-order chi connectivity index (χ1) is 17.0. The van der Waals surface area contributed by atoms with Crippen LogP contribution >= 0.6 is 0 Å². The van der Waals surface area contributed by atoms with E-state index in [1.165, 1.54) is 11.1 Å². The molecule has 0 aromatic heterocycles. The molecule has 1 heterocycles. The smallest absolute Gasteiger partial charge is 0.265 e. The van der Waals surface area contributed by atoms with Crippen molar-refractivity contribution in [1.82, 2.24) is 4.90 Å². The molecule has 35 heavy (non-hydrogen) atoms. The zero-order chi connectivity index (χ0) is 24.4. The molecule has 2 unspecified atom stereocenters. The average Bonchev–Trinajstić information content (AvgIpc) is 3.72. The number of benzene rings is 3. The lowest BCUT2D eigenvalue weighted by atomic mass is 9.87. The fourth-order valence-corrected chi connectivity index (χ4v) is 4.90. The Labute approximate surface area is 207 Å². The van der Waals surface area contributed by atoms with Crippen LogP contribution in [0.3, 0.4) is 0 Å². The Balaban J connectivity index is 1.44. The summed E-state index contributed by atoms with van der Waals surface area (Å²) < 4.78 is 6.21. The molecule has 5 rings (SSSR count). The van der Waals surface area contributed by atoms with Crippen LogP contribution < -0.4 is 10.1 Å². The standard InChI is InChI=1S/C30H32N2O3/c1-3-27(29(33)31-24-10-5-4-6-11-24)35-25-15-14-21-16-17-32(30(34)22-12-13-22)28(26(21)19-25)23-9-7-8-20(2)18-23/h4-11,14-15,18-19,22,27-28H,3,12-13,16-17H2,1-2H3,(H,31,33). The second-order valence-corrected chi connectivity index (χ2v) is 9.60. The largest absolute Gasteiger partial charge is 0.481 e. The molecule has 3 aromatic rings. The number of anilines is 1. The first-order valence-corrected chi connectivity index (χ1v) is 12.6. The molecule has 5 heteroatoms. The molecule has 0 bridgehead atoms. The Bertz CT molecular complexity index is 1220. The average molecular weight is 469 g/mol. The molecule has 1 N–H and O–H groups in total. The first-order valence-electron chi connectivity index (χ1n) is 12.6. The van der Waals surface area contributed by atoms with Gasteiger partial charge in [0.05, 0.1) is 6.04 Å². The van der Waals surface area contributed by atoms with Crippen LogP contribution in [0, 0.1) is 12.8 Å². The number of amides is 2. The molecule has 1 aliphatic heterocycles. The van der Waals surface area contributed by atoms with Gasteiger partial charge in [0.2, 0.25) is 5.91 Å². The monoisotopic (exact) mass is 468 g/mol. The predicted molar refractivity (Wildman–Crippen MR) is 137 cm³/mol. The molecule has 3 aromatic carbocycles. The van der Waals surface area contributed by atoms with Crippen molar-refractivity contribution < 1.29 is 14.3 Å². The Hall–Kier alpha value is -3.60. The fourth-order valence-electron chi connectivity index (χ4n) is 4.90. The molecule has 2 amide bonds. The molecular formula is C30H32N2O3. The summed E-state index contributed by atoms with van der Waals surface area (Å²) in [6, 6.07) is 23.8. The van der Waals surface area contributed by atoms with E-state index in [1.807, 2.05) is 49.4 Å². The van der Waals surface area contributed by atoms with E-state index >= 15 is 0 Å². The lowest BCUT2D eigenvalue weighted by Gasteiger charge is -2.38. The van der Waals surface area contributed by atoms with Crippen molar-refractivity contribution in [2.45, 2.75) is 51.7 Å². The molecule has 0 spiro atoms. The molecule has 1 saturated carbocycles. The minimum atomic E-state index is -0.613. The summed E-state index contributed by atoms with van der Waals surface area (Å²) in [5, 5.41) is 2.94. The number of hydrogen-bond acceptors (Lipinski definition) is 3. The Kier molecular flexibility index (Phi) is 6.58. The lowest BCUT2D eigenvalue weighted by molar-refractivity contribution is -0.134. The Morgan fingerprint density at radius 2 is 1.83 bits per heavy atom. The van der Waals surface area contributed by atoms with Crippen molar-refractivity contribution in [2.75, 3.05) is 11.9 Å². The Morgan fingerprint density at radius 3 is 2.54 bits per heavy atom. The molecule has 180 valence electrons. The third kappa shape index (κ3) is 5.09. The van der Waals surface area contributed by atoms with Gasteiger partial charge >= 0.3 is 0 Å². The quantitative estimate of drug-likeness (QED) is 0.486. The number of aryl methyl sites for hydroxylation is 1. The highest BCUT2D eigenvalue weighted by Gasteiger charge is 2.39. The van der Waals surface area contributed by atoms with E-state index in [9.17, 15) is 9.59 Å². The van der Waals surface area contributed by atoms with Crippen LogP contribution in [-0.2, 0) is 16.0 Å². The molecule has 5 nitrogen and oxygen atoms in total. The van der Waals surface area contributed by atoms with Crippen LogP contribution in [0.15, 0.2) is 72.8 Å². The van der Waals surface area contributed by atoms with Crippen LogP contribution in [-0.4, -0.2) is 29.4 Å². The van der Waals surface area contributed by atoms with E-state index in [0.29, 0.717) is 12.2 Å². The van der Waals surface area contributed by atoms with Gasteiger partial charge in [0, 0.05) is 18.2 Å². The summed E-state index contributed by atoms with van der Waals surface area (Å²) >= 11 is 0. The predicted octanol–water partition coefficient (Wildman–Crippen LogP) is 5.68. The van der Waals surface area contributed by atoms with Gasteiger partial charge in [-0.15, -0.1) is 0 Å². The number of fused-ring (bicyclic) bond motifs is 1. The summed E-state index contributed by atoms with van der Waals surface area (Å²) in [5.41, 5.74) is 5.35. The molecule has 1 fully saturated rings. The summed E-state index contributed by atoms with van der Waals surface area (Å²) in [7, 11) is 0. The van der Waals surface area contributed by atoms with Gasteiger partial charge in [-0.2, -0.15) is 0 Å². The normalized spacial score (nSPS) is 17.9. The number of carbonyl (C=O) groups is 2. The van der Waals surface area contributed by atoms with Gasteiger partial charge in [-0.1, -0.05) is 61.0 Å². The number of para-hydroxylation sites is 1. The van der Waals surface area contributed by atoms with Crippen LogP contribution in [0.2, 0.25) is 0 Å². The van der Waals surface area contributed by atoms with Crippen molar-refractivity contribution >= 4 is 17.5 Å². The van der Waals surface area contributed by atoms with Crippen molar-refractivity contribution in [1.29, 1.82) is 0 Å². The van der Waals surface area contributed by atoms with E-state index < -0.39 is 6.10 Å². The van der Waals surface area contributed by atoms with Gasteiger partial charge in [-0.3, -0.25) is 9.59 Å². The maximum Gasteiger partial charge on any atom is 0.265 e. The maximum atomic E-state index is 13.3. The molecule has 2 atom stereocenters. The van der Waals surface area contributed by atoms with Gasteiger partial charge in [-0.25, -0.2) is 0 Å². The second-order valence-electron chi connectivity index (χ2n) is 9.60. The van der Waals surface area contributed by atoms with E-state index in [2.05, 4.69) is 47.5 Å². The third-order valence-electron chi connectivity index (χ3n) is 6.90. The number of ether oxygens (including phenoxy) is 1. The van der Waals surface area contributed by atoms with Gasteiger partial charge in [-0.05, 0) is 73.6 Å². The topological polar surface area (TPSA) is 58.6 Å². The van der Waals surface area contributed by atoms with Gasteiger partial charge in [0.25, 0.3) is 5.91 Å². The Morgan fingerprint density at radius 1 is 1.03 bits per heavy atom. The zero-order valence-electron chi connectivity index (χ0n) is 20.4. The first kappa shape index (κ1) is 23.2. The van der Waals surface area contributed by atoms with E-state index in [-0.39, 0.29) is 23.8 Å². The molecular weight excluding hydrogens is 436 g/mol. The zero-order valence-corrected chi connectivity index (χ0v) is 20.4. The van der Waals surface area contributed by atoms with Crippen molar-refractivity contribution in [3.8, 4) is 5.75 Å². The minimum Gasteiger partial charge on any atom is -0.481 e. The van der Waals surface area contributed by atoms with Crippen molar-refractivity contribution in [3.63, 3.8) is 0 Å². The van der Waals surface area contributed by atoms with Crippen LogP contribution in [0.25, 0.3) is 0 Å². The maximum absolute atomic E-state index is 13.3. The van der Waals surface area contributed by atoms with Gasteiger partial charge in [0.15, 0.2) is 6.10 Å². The van der Waals surface area contributed by atoms with Crippen LogP contribution in [0.1, 0.15) is 54.5 Å². The van der Waals surface area contributed by atoms with E-state index in [1.54, 1.807) is 0 Å². The molecule has 1 aliphatic carbocycles. The van der Waals surface area contributed by atoms with E-state index in [0.717, 1.165) is 42.6 Å². The SMILES string of the molecule is CCC(Oc1ccc2c(c1)C(c1cccc(C)c1)N(C(=O)C1CC1)CC2)C(=O)Nc1ccccc1.